The number of piperazine rings is 1. The van der Waals surface area contributed by atoms with Crippen molar-refractivity contribution in [2.75, 3.05) is 43.1 Å². The van der Waals surface area contributed by atoms with Crippen molar-refractivity contribution < 1.29 is 13.5 Å². The summed E-state index contributed by atoms with van der Waals surface area (Å²) in [5.41, 5.74) is 2.23. The molecule has 30 heavy (non-hydrogen) atoms. The summed E-state index contributed by atoms with van der Waals surface area (Å²) in [5.74, 6) is 1.39. The Bertz CT molecular complexity index is 1060. The van der Waals surface area contributed by atoms with Gasteiger partial charge in [0, 0.05) is 37.9 Å². The van der Waals surface area contributed by atoms with Gasteiger partial charge in [-0.15, -0.1) is 0 Å². The molecule has 0 unspecified atom stereocenters. The molecule has 0 N–H and O–H groups in total. The lowest BCUT2D eigenvalue weighted by Crippen LogP contribution is -2.46. The number of nitriles is 1. The summed E-state index contributed by atoms with van der Waals surface area (Å²) in [4.78, 5) is 8.60. The number of hydrogen-bond acceptors (Lipinski definition) is 6. The van der Waals surface area contributed by atoms with Gasteiger partial charge >= 0.3 is 0 Å². The van der Waals surface area contributed by atoms with Gasteiger partial charge in [0.15, 0.2) is 0 Å². The summed E-state index contributed by atoms with van der Waals surface area (Å²) in [5, 5.41) is 9.47. The van der Waals surface area contributed by atoms with E-state index in [-0.39, 0.29) is 11.5 Å². The largest absolute Gasteiger partial charge is 0.497 e. The van der Waals surface area contributed by atoms with Crippen LogP contribution in [0.5, 0.6) is 5.75 Å². The number of aromatic nitrogens is 1. The van der Waals surface area contributed by atoms with Gasteiger partial charge in [-0.3, -0.25) is 0 Å². The van der Waals surface area contributed by atoms with E-state index in [2.05, 4.69) is 16.0 Å². The van der Waals surface area contributed by atoms with Crippen LogP contribution in [0.3, 0.4) is 0 Å². The van der Waals surface area contributed by atoms with Crippen molar-refractivity contribution in [3.05, 3.63) is 71.5 Å². The van der Waals surface area contributed by atoms with Crippen molar-refractivity contribution in [3.63, 3.8) is 0 Å². The average Bonchev–Trinajstić information content (AvgIpc) is 3.22. The Labute approximate surface area is 174 Å². The molecule has 152 valence electrons. The predicted octanol–water partition coefficient (Wildman–Crippen LogP) is 4.19. The van der Waals surface area contributed by atoms with Crippen molar-refractivity contribution >= 4 is 23.7 Å². The number of halogens is 1. The van der Waals surface area contributed by atoms with E-state index < -0.39 is 0 Å². The van der Waals surface area contributed by atoms with Crippen LogP contribution in [-0.2, 0) is 0 Å². The molecule has 0 bridgehead atoms. The van der Waals surface area contributed by atoms with Crippen LogP contribution in [0.15, 0.2) is 52.9 Å². The van der Waals surface area contributed by atoms with Crippen LogP contribution < -0.4 is 14.5 Å². The normalized spacial score (nSPS) is 14.2. The standard InChI is InChI=1S/C23H21FN4O2/c1-29-20-9-7-19(8-10-20)27-12-14-28(15-13-27)23-21(16-25)26-22(30-23)11-4-17-2-5-18(24)6-3-17/h2-11H,12-15H2,1H3/b11-4+. The molecule has 0 aliphatic carbocycles. The predicted molar refractivity (Wildman–Crippen MR) is 114 cm³/mol. The molecule has 0 atom stereocenters. The van der Waals surface area contributed by atoms with Crippen LogP contribution in [0.4, 0.5) is 16.0 Å². The van der Waals surface area contributed by atoms with Crippen molar-refractivity contribution in [1.29, 1.82) is 5.26 Å². The highest BCUT2D eigenvalue weighted by Gasteiger charge is 2.24. The molecular formula is C23H21FN4O2. The highest BCUT2D eigenvalue weighted by atomic mass is 19.1. The van der Waals surface area contributed by atoms with E-state index >= 15 is 0 Å². The molecule has 0 radical (unpaired) electrons. The molecule has 0 amide bonds. The smallest absolute Gasteiger partial charge is 0.235 e. The van der Waals surface area contributed by atoms with Gasteiger partial charge in [-0.25, -0.2) is 4.39 Å². The maximum atomic E-state index is 13.0. The molecule has 7 heteroatoms. The van der Waals surface area contributed by atoms with Crippen LogP contribution >= 0.6 is 0 Å². The van der Waals surface area contributed by atoms with Crippen molar-refractivity contribution in [1.82, 2.24) is 4.98 Å². The fourth-order valence-corrected chi connectivity index (χ4v) is 3.39. The van der Waals surface area contributed by atoms with Gasteiger partial charge in [0.25, 0.3) is 0 Å². The topological polar surface area (TPSA) is 65.5 Å². The minimum absolute atomic E-state index is 0.270. The molecule has 1 aliphatic rings. The van der Waals surface area contributed by atoms with E-state index in [0.717, 1.165) is 43.2 Å². The Kier molecular flexibility index (Phi) is 5.66. The SMILES string of the molecule is COc1ccc(N2CCN(c3oc(/C=C/c4ccc(F)cc4)nc3C#N)CC2)cc1. The van der Waals surface area contributed by atoms with Crippen LogP contribution in [-0.4, -0.2) is 38.3 Å². The highest BCUT2D eigenvalue weighted by molar-refractivity contribution is 5.67. The summed E-state index contributed by atoms with van der Waals surface area (Å²) in [6.07, 6.45) is 3.46. The number of rotatable bonds is 5. The van der Waals surface area contributed by atoms with Gasteiger partial charge in [-0.1, -0.05) is 12.1 Å². The molecule has 3 aromatic rings. The van der Waals surface area contributed by atoms with E-state index in [1.165, 1.54) is 12.1 Å². The fraction of sp³-hybridized carbons (Fsp3) is 0.217. The van der Waals surface area contributed by atoms with E-state index in [1.54, 1.807) is 31.4 Å². The van der Waals surface area contributed by atoms with Gasteiger partial charge in [0.2, 0.25) is 17.5 Å². The zero-order valence-corrected chi connectivity index (χ0v) is 16.6. The van der Waals surface area contributed by atoms with E-state index in [0.29, 0.717) is 11.8 Å². The second kappa shape index (κ2) is 8.70. The summed E-state index contributed by atoms with van der Waals surface area (Å²) in [7, 11) is 1.65. The molecule has 0 spiro atoms. The number of oxazole rings is 1. The van der Waals surface area contributed by atoms with E-state index in [4.69, 9.17) is 9.15 Å². The maximum absolute atomic E-state index is 13.0. The van der Waals surface area contributed by atoms with Gasteiger partial charge in [-0.2, -0.15) is 10.2 Å². The number of methoxy groups -OCH3 is 1. The summed E-state index contributed by atoms with van der Waals surface area (Å²) in [6.45, 7) is 3.05. The van der Waals surface area contributed by atoms with Crippen LogP contribution in [0.25, 0.3) is 12.2 Å². The third-order valence-electron chi connectivity index (χ3n) is 5.02. The monoisotopic (exact) mass is 404 g/mol. The number of anilines is 2. The van der Waals surface area contributed by atoms with Crippen LogP contribution in [0.1, 0.15) is 17.1 Å². The molecule has 4 rings (SSSR count). The Balaban J connectivity index is 1.44. The lowest BCUT2D eigenvalue weighted by atomic mass is 10.2. The zero-order valence-electron chi connectivity index (χ0n) is 16.6. The van der Waals surface area contributed by atoms with Crippen molar-refractivity contribution in [2.24, 2.45) is 0 Å². The Morgan fingerprint density at radius 1 is 1.00 bits per heavy atom. The van der Waals surface area contributed by atoms with Crippen LogP contribution in [0.2, 0.25) is 0 Å². The van der Waals surface area contributed by atoms with Gasteiger partial charge in [0.1, 0.15) is 17.6 Å². The first-order chi connectivity index (χ1) is 14.7. The lowest BCUT2D eigenvalue weighted by molar-refractivity contribution is 0.415. The minimum Gasteiger partial charge on any atom is -0.497 e. The molecule has 2 heterocycles. The third kappa shape index (κ3) is 4.28. The first kappa shape index (κ1) is 19.5. The maximum Gasteiger partial charge on any atom is 0.235 e. The number of ether oxygens (including phenoxy) is 1. The van der Waals surface area contributed by atoms with Gasteiger partial charge in [-0.05, 0) is 48.0 Å². The number of benzene rings is 2. The first-order valence-corrected chi connectivity index (χ1v) is 9.65. The minimum atomic E-state index is -0.286. The molecule has 6 nitrogen and oxygen atoms in total. The Morgan fingerprint density at radius 3 is 2.30 bits per heavy atom. The van der Waals surface area contributed by atoms with Crippen molar-refractivity contribution in [3.8, 4) is 11.8 Å². The second-order valence-electron chi connectivity index (χ2n) is 6.87. The summed E-state index contributed by atoms with van der Waals surface area (Å²) in [6, 6.07) is 16.2. The lowest BCUT2D eigenvalue weighted by Gasteiger charge is -2.35. The van der Waals surface area contributed by atoms with Crippen molar-refractivity contribution in [2.45, 2.75) is 0 Å². The summed E-state index contributed by atoms with van der Waals surface area (Å²) < 4.78 is 24.1. The molecule has 1 aromatic heterocycles. The summed E-state index contributed by atoms with van der Waals surface area (Å²) >= 11 is 0. The molecule has 0 saturated carbocycles. The average molecular weight is 404 g/mol. The Hall–Kier alpha value is -3.79. The first-order valence-electron chi connectivity index (χ1n) is 9.65. The van der Waals surface area contributed by atoms with Gasteiger partial charge < -0.3 is 19.0 Å². The second-order valence-corrected chi connectivity index (χ2v) is 6.87. The molecule has 1 aliphatic heterocycles. The highest BCUT2D eigenvalue weighted by Crippen LogP contribution is 2.26. The van der Waals surface area contributed by atoms with E-state index in [9.17, 15) is 9.65 Å². The molecular weight excluding hydrogens is 383 g/mol. The fourth-order valence-electron chi connectivity index (χ4n) is 3.39. The third-order valence-corrected chi connectivity index (χ3v) is 5.02. The quantitative estimate of drug-likeness (QED) is 0.635. The zero-order chi connectivity index (χ0) is 20.9. The van der Waals surface area contributed by atoms with Gasteiger partial charge in [0.05, 0.1) is 7.11 Å². The Morgan fingerprint density at radius 2 is 1.67 bits per heavy atom. The molecule has 2 aromatic carbocycles. The number of nitrogens with zero attached hydrogens (tertiary/aromatic N) is 4. The molecule has 1 fully saturated rings. The van der Waals surface area contributed by atoms with E-state index in [1.807, 2.05) is 29.2 Å². The molecule has 1 saturated heterocycles. The van der Waals surface area contributed by atoms with Crippen LogP contribution in [0, 0.1) is 17.1 Å². The number of hydrogen-bond donors (Lipinski definition) is 0.